The number of ether oxygens (including phenoxy) is 3. The van der Waals surface area contributed by atoms with Gasteiger partial charge in [-0.25, -0.2) is 4.39 Å². The number of rotatable bonds is 7. The lowest BCUT2D eigenvalue weighted by molar-refractivity contribution is 0.0322. The van der Waals surface area contributed by atoms with Crippen molar-refractivity contribution in [3.05, 3.63) is 72.7 Å². The molecule has 163 valence electrons. The van der Waals surface area contributed by atoms with E-state index in [9.17, 15) is 4.39 Å². The Hall–Kier alpha value is -3.00. The van der Waals surface area contributed by atoms with Gasteiger partial charge in [0.25, 0.3) is 0 Å². The maximum atomic E-state index is 14.0. The molecule has 0 bridgehead atoms. The number of halogens is 1. The number of fused-ring (bicyclic) bond motifs is 1. The fraction of sp³-hybridized carbons (Fsp3) is 0.240. The molecule has 3 heterocycles. The van der Waals surface area contributed by atoms with Crippen LogP contribution >= 0.6 is 11.3 Å². The van der Waals surface area contributed by atoms with Gasteiger partial charge in [-0.15, -0.1) is 11.3 Å². The predicted octanol–water partition coefficient (Wildman–Crippen LogP) is 5.41. The largest absolute Gasteiger partial charge is 0.492 e. The standard InChI is InChI=1S/C25H22FN2O3S/c26-20-3-1-2-4-22(20)31-23-9-10-27-21-17-24(32-25(21)23)18-5-7-19(8-6-18)30-16-13-28-11-14-29-15-12-28/h2-10,17H,11-16H2. The van der Waals surface area contributed by atoms with Crippen molar-refractivity contribution >= 4 is 21.6 Å². The lowest BCUT2D eigenvalue weighted by Crippen LogP contribution is -2.38. The average molecular weight is 450 g/mol. The first-order chi connectivity index (χ1) is 15.8. The number of morpholine rings is 1. The molecule has 0 spiro atoms. The highest BCUT2D eigenvalue weighted by Crippen LogP contribution is 2.39. The highest BCUT2D eigenvalue weighted by molar-refractivity contribution is 7.22. The zero-order valence-electron chi connectivity index (χ0n) is 17.4. The molecule has 0 unspecified atom stereocenters. The van der Waals surface area contributed by atoms with Gasteiger partial charge in [0, 0.05) is 36.8 Å². The van der Waals surface area contributed by atoms with E-state index in [0.717, 1.165) is 59.3 Å². The first-order valence-electron chi connectivity index (χ1n) is 10.5. The van der Waals surface area contributed by atoms with Crippen molar-refractivity contribution in [2.45, 2.75) is 0 Å². The Kier molecular flexibility index (Phi) is 6.29. The maximum Gasteiger partial charge on any atom is 0.166 e. The van der Waals surface area contributed by atoms with Crippen LogP contribution < -0.4 is 9.47 Å². The third-order valence-corrected chi connectivity index (χ3v) is 6.48. The Morgan fingerprint density at radius 3 is 2.75 bits per heavy atom. The minimum Gasteiger partial charge on any atom is -0.492 e. The van der Waals surface area contributed by atoms with Crippen LogP contribution in [0.4, 0.5) is 4.39 Å². The normalized spacial score (nSPS) is 14.5. The zero-order valence-corrected chi connectivity index (χ0v) is 18.2. The van der Waals surface area contributed by atoms with Crippen LogP contribution in [0.1, 0.15) is 0 Å². The van der Waals surface area contributed by atoms with Gasteiger partial charge in [-0.1, -0.05) is 6.07 Å². The number of hydrogen-bond donors (Lipinski definition) is 0. The van der Waals surface area contributed by atoms with E-state index in [0.29, 0.717) is 12.4 Å². The predicted molar refractivity (Wildman–Crippen MR) is 123 cm³/mol. The number of benzene rings is 2. The maximum absolute atomic E-state index is 14.0. The Balaban J connectivity index is 1.28. The smallest absolute Gasteiger partial charge is 0.166 e. The van der Waals surface area contributed by atoms with E-state index in [-0.39, 0.29) is 5.75 Å². The fourth-order valence-electron chi connectivity index (χ4n) is 3.57. The monoisotopic (exact) mass is 449 g/mol. The van der Waals surface area contributed by atoms with Gasteiger partial charge in [-0.05, 0) is 54.1 Å². The third-order valence-electron chi connectivity index (χ3n) is 5.29. The molecule has 4 aromatic rings. The van der Waals surface area contributed by atoms with Crippen molar-refractivity contribution in [3.8, 4) is 27.7 Å². The molecule has 1 aliphatic rings. The summed E-state index contributed by atoms with van der Waals surface area (Å²) in [4.78, 5) is 7.86. The molecular formula is C25H22FN2O3S. The van der Waals surface area contributed by atoms with Crippen LogP contribution in [0.5, 0.6) is 17.2 Å². The average Bonchev–Trinajstić information content (AvgIpc) is 3.27. The molecule has 0 N–H and O–H groups in total. The molecule has 0 saturated carbocycles. The Bertz CT molecular complexity index is 1190. The van der Waals surface area contributed by atoms with Crippen molar-refractivity contribution in [2.24, 2.45) is 0 Å². The van der Waals surface area contributed by atoms with Crippen molar-refractivity contribution in [2.75, 3.05) is 39.5 Å². The van der Waals surface area contributed by atoms with Crippen LogP contribution in [0.3, 0.4) is 0 Å². The lowest BCUT2D eigenvalue weighted by atomic mass is 10.2. The van der Waals surface area contributed by atoms with E-state index in [2.05, 4.69) is 16.0 Å². The van der Waals surface area contributed by atoms with E-state index in [4.69, 9.17) is 14.2 Å². The summed E-state index contributed by atoms with van der Waals surface area (Å²) < 4.78 is 32.0. The van der Waals surface area contributed by atoms with Gasteiger partial charge in [-0.3, -0.25) is 9.88 Å². The van der Waals surface area contributed by atoms with Gasteiger partial charge < -0.3 is 14.2 Å². The van der Waals surface area contributed by atoms with Gasteiger partial charge >= 0.3 is 0 Å². The van der Waals surface area contributed by atoms with Gasteiger partial charge in [0.2, 0.25) is 0 Å². The van der Waals surface area contributed by atoms with Crippen LogP contribution in [0.25, 0.3) is 20.7 Å². The number of nitrogens with zero attached hydrogens (tertiary/aromatic N) is 2. The molecule has 1 saturated heterocycles. The van der Waals surface area contributed by atoms with Gasteiger partial charge in [0.05, 0.1) is 23.4 Å². The first-order valence-corrected chi connectivity index (χ1v) is 11.3. The molecule has 5 rings (SSSR count). The number of hydrogen-bond acceptors (Lipinski definition) is 6. The molecule has 0 aliphatic carbocycles. The second kappa shape index (κ2) is 9.65. The summed E-state index contributed by atoms with van der Waals surface area (Å²) in [5.74, 6) is 1.16. The quantitative estimate of drug-likeness (QED) is 0.378. The summed E-state index contributed by atoms with van der Waals surface area (Å²) >= 11 is 1.57. The Morgan fingerprint density at radius 1 is 1.09 bits per heavy atom. The van der Waals surface area contributed by atoms with Crippen molar-refractivity contribution < 1.29 is 18.6 Å². The molecular weight excluding hydrogens is 427 g/mol. The SMILES string of the molecule is Fc1c[c]ccc1Oc1ccnc2cc(-c3ccc(OCCN4CCOCC4)cc3)sc12. The summed E-state index contributed by atoms with van der Waals surface area (Å²) in [6.45, 7) is 5.07. The van der Waals surface area contributed by atoms with E-state index < -0.39 is 5.82 Å². The van der Waals surface area contributed by atoms with Crippen LogP contribution in [0.15, 0.2) is 60.8 Å². The Labute approximate surface area is 190 Å². The van der Waals surface area contributed by atoms with Crippen LogP contribution in [-0.4, -0.2) is 49.3 Å². The van der Waals surface area contributed by atoms with Gasteiger partial charge in [-0.2, -0.15) is 0 Å². The molecule has 0 atom stereocenters. The number of thiophene rings is 1. The second-order valence-electron chi connectivity index (χ2n) is 7.42. The molecule has 2 aromatic carbocycles. The summed E-state index contributed by atoms with van der Waals surface area (Å²) in [6, 6.07) is 19.0. The third kappa shape index (κ3) is 4.75. The molecule has 1 aliphatic heterocycles. The molecule has 32 heavy (non-hydrogen) atoms. The van der Waals surface area contributed by atoms with Crippen molar-refractivity contribution in [3.63, 3.8) is 0 Å². The molecule has 1 fully saturated rings. The Morgan fingerprint density at radius 2 is 1.94 bits per heavy atom. The molecule has 2 aromatic heterocycles. The van der Waals surface area contributed by atoms with E-state index in [1.54, 1.807) is 35.7 Å². The van der Waals surface area contributed by atoms with E-state index in [1.165, 1.54) is 6.07 Å². The summed E-state index contributed by atoms with van der Waals surface area (Å²) in [5, 5.41) is 0. The molecule has 5 nitrogen and oxygen atoms in total. The molecule has 0 amide bonds. The minimum atomic E-state index is -0.446. The van der Waals surface area contributed by atoms with E-state index in [1.807, 2.05) is 30.3 Å². The van der Waals surface area contributed by atoms with Crippen LogP contribution in [0, 0.1) is 11.9 Å². The molecule has 7 heteroatoms. The van der Waals surface area contributed by atoms with E-state index >= 15 is 0 Å². The lowest BCUT2D eigenvalue weighted by Gasteiger charge is -2.26. The zero-order chi connectivity index (χ0) is 21.8. The summed E-state index contributed by atoms with van der Waals surface area (Å²) in [6.07, 6.45) is 1.67. The molecule has 1 radical (unpaired) electrons. The van der Waals surface area contributed by atoms with Gasteiger partial charge in [0.1, 0.15) is 18.1 Å². The highest BCUT2D eigenvalue weighted by Gasteiger charge is 2.13. The van der Waals surface area contributed by atoms with Crippen molar-refractivity contribution in [1.82, 2.24) is 9.88 Å². The topological polar surface area (TPSA) is 43.8 Å². The number of pyridine rings is 1. The summed E-state index contributed by atoms with van der Waals surface area (Å²) in [7, 11) is 0. The van der Waals surface area contributed by atoms with Crippen molar-refractivity contribution in [1.29, 1.82) is 0 Å². The summed E-state index contributed by atoms with van der Waals surface area (Å²) in [5.41, 5.74) is 1.89. The van der Waals surface area contributed by atoms with Crippen LogP contribution in [-0.2, 0) is 4.74 Å². The number of aromatic nitrogens is 1. The first kappa shape index (κ1) is 20.9. The second-order valence-corrected chi connectivity index (χ2v) is 8.47. The fourth-order valence-corrected chi connectivity index (χ4v) is 4.64. The minimum absolute atomic E-state index is 0.171. The van der Waals surface area contributed by atoms with Gasteiger partial charge in [0.15, 0.2) is 11.6 Å². The highest BCUT2D eigenvalue weighted by atomic mass is 32.1. The van der Waals surface area contributed by atoms with Crippen LogP contribution in [0.2, 0.25) is 0 Å².